The van der Waals surface area contributed by atoms with Crippen molar-refractivity contribution >= 4 is 21.8 Å². The minimum Gasteiger partial charge on any atom is -0.357 e. The molecule has 0 unspecified atom stereocenters. The van der Waals surface area contributed by atoms with Crippen LogP contribution in [0.1, 0.15) is 42.0 Å². The lowest BCUT2D eigenvalue weighted by atomic mass is 10.0. The zero-order valence-corrected chi connectivity index (χ0v) is 22.2. The van der Waals surface area contributed by atoms with Crippen molar-refractivity contribution in [1.82, 2.24) is 14.5 Å². The molecule has 0 bridgehead atoms. The highest BCUT2D eigenvalue weighted by atomic mass is 32.2. The first kappa shape index (κ1) is 27.5. The Morgan fingerprint density at radius 3 is 2.13 bits per heavy atom. The number of carbonyl (C=O) groups excluding carboxylic acids is 2. The Bertz CT molecular complexity index is 1340. The van der Waals surface area contributed by atoms with Crippen LogP contribution in [0.2, 0.25) is 0 Å². The second kappa shape index (κ2) is 12.3. The van der Waals surface area contributed by atoms with E-state index in [1.54, 1.807) is 48.5 Å². The average Bonchev–Trinajstić information content (AvgIpc) is 3.49. The summed E-state index contributed by atoms with van der Waals surface area (Å²) in [5.41, 5.74) is 2.18. The van der Waals surface area contributed by atoms with Gasteiger partial charge in [0.1, 0.15) is 11.9 Å². The zero-order valence-electron chi connectivity index (χ0n) is 21.3. The Morgan fingerprint density at radius 1 is 0.921 bits per heavy atom. The Hall–Kier alpha value is -3.56. The van der Waals surface area contributed by atoms with Crippen LogP contribution in [0.25, 0.3) is 0 Å². The number of nitrogens with one attached hydrogen (secondary N) is 1. The molecule has 4 rings (SSSR count). The van der Waals surface area contributed by atoms with Crippen LogP contribution >= 0.6 is 0 Å². The summed E-state index contributed by atoms with van der Waals surface area (Å²) in [5.74, 6) is -0.962. The number of sulfonamides is 1. The Morgan fingerprint density at radius 2 is 1.53 bits per heavy atom. The summed E-state index contributed by atoms with van der Waals surface area (Å²) < 4.78 is 40.6. The fraction of sp³-hybridized carbons (Fsp3) is 0.310. The zero-order chi connectivity index (χ0) is 27.1. The molecule has 1 atom stereocenters. The van der Waals surface area contributed by atoms with Crippen LogP contribution in [0.3, 0.4) is 0 Å². The number of aryl methyl sites for hydroxylation is 1. The molecular weight excluding hydrogens is 505 g/mol. The first-order chi connectivity index (χ1) is 18.3. The fourth-order valence-corrected chi connectivity index (χ4v) is 6.17. The third-order valence-electron chi connectivity index (χ3n) is 6.76. The van der Waals surface area contributed by atoms with Crippen molar-refractivity contribution in [2.75, 3.05) is 20.1 Å². The predicted octanol–water partition coefficient (Wildman–Crippen LogP) is 4.06. The van der Waals surface area contributed by atoms with Crippen molar-refractivity contribution in [3.63, 3.8) is 0 Å². The lowest BCUT2D eigenvalue weighted by molar-refractivity contribution is -0.141. The van der Waals surface area contributed by atoms with Gasteiger partial charge in [-0.3, -0.25) is 9.59 Å². The van der Waals surface area contributed by atoms with Crippen molar-refractivity contribution < 1.29 is 22.4 Å². The van der Waals surface area contributed by atoms with E-state index in [1.165, 1.54) is 28.4 Å². The SMILES string of the molecule is CNC(=O)[C@@H](c1ccccc1)N(Cc1ccc(F)cc1)C(=O)CCc1ccc(S(=O)(=O)N2CCCC2)cc1. The number of likely N-dealkylation sites (N-methyl/N-ethyl adjacent to an activating group) is 1. The van der Waals surface area contributed by atoms with E-state index < -0.39 is 16.1 Å². The van der Waals surface area contributed by atoms with Crippen LogP contribution in [-0.4, -0.2) is 49.6 Å². The van der Waals surface area contributed by atoms with E-state index in [9.17, 15) is 22.4 Å². The van der Waals surface area contributed by atoms with Crippen LogP contribution in [0.4, 0.5) is 4.39 Å². The van der Waals surface area contributed by atoms with Crippen LogP contribution in [0.15, 0.2) is 83.8 Å². The number of amides is 2. The molecule has 9 heteroatoms. The molecule has 0 spiro atoms. The van der Waals surface area contributed by atoms with Gasteiger partial charge in [-0.05, 0) is 60.2 Å². The maximum atomic E-state index is 13.6. The maximum Gasteiger partial charge on any atom is 0.247 e. The molecule has 200 valence electrons. The smallest absolute Gasteiger partial charge is 0.247 e. The summed E-state index contributed by atoms with van der Waals surface area (Å²) in [6.07, 6.45) is 2.22. The fourth-order valence-electron chi connectivity index (χ4n) is 4.66. The van der Waals surface area contributed by atoms with Crippen LogP contribution in [0, 0.1) is 5.82 Å². The molecule has 0 radical (unpaired) electrons. The van der Waals surface area contributed by atoms with Crippen LogP contribution in [-0.2, 0) is 32.6 Å². The monoisotopic (exact) mass is 537 g/mol. The molecule has 0 aromatic heterocycles. The van der Waals surface area contributed by atoms with Crippen molar-refractivity contribution in [1.29, 1.82) is 0 Å². The van der Waals surface area contributed by atoms with E-state index in [4.69, 9.17) is 0 Å². The minimum atomic E-state index is -3.51. The summed E-state index contributed by atoms with van der Waals surface area (Å²) in [7, 11) is -1.98. The van der Waals surface area contributed by atoms with Gasteiger partial charge in [0.2, 0.25) is 21.8 Å². The molecule has 3 aromatic rings. The second-order valence-corrected chi connectivity index (χ2v) is 11.3. The first-order valence-electron chi connectivity index (χ1n) is 12.7. The normalized spacial score (nSPS) is 14.7. The van der Waals surface area contributed by atoms with Gasteiger partial charge >= 0.3 is 0 Å². The van der Waals surface area contributed by atoms with Gasteiger partial charge in [0.05, 0.1) is 4.90 Å². The maximum absolute atomic E-state index is 13.6. The summed E-state index contributed by atoms with van der Waals surface area (Å²) >= 11 is 0. The van der Waals surface area contributed by atoms with Gasteiger partial charge in [0.25, 0.3) is 0 Å². The van der Waals surface area contributed by atoms with Gasteiger partial charge in [-0.15, -0.1) is 0 Å². The number of nitrogens with zero attached hydrogens (tertiary/aromatic N) is 2. The number of hydrogen-bond acceptors (Lipinski definition) is 4. The molecular formula is C29H32FN3O4S. The highest BCUT2D eigenvalue weighted by molar-refractivity contribution is 7.89. The summed E-state index contributed by atoms with van der Waals surface area (Å²) in [4.78, 5) is 28.3. The van der Waals surface area contributed by atoms with E-state index in [-0.39, 0.29) is 35.5 Å². The molecule has 3 aromatic carbocycles. The molecule has 1 aliphatic rings. The van der Waals surface area contributed by atoms with Gasteiger partial charge in [0, 0.05) is 33.1 Å². The average molecular weight is 538 g/mol. The molecule has 0 saturated carbocycles. The first-order valence-corrected chi connectivity index (χ1v) is 14.1. The molecule has 38 heavy (non-hydrogen) atoms. The third kappa shape index (κ3) is 6.46. The van der Waals surface area contributed by atoms with E-state index >= 15 is 0 Å². The molecule has 1 heterocycles. The van der Waals surface area contributed by atoms with E-state index in [1.807, 2.05) is 18.2 Å². The van der Waals surface area contributed by atoms with Gasteiger partial charge in [0.15, 0.2) is 0 Å². The summed E-state index contributed by atoms with van der Waals surface area (Å²) in [5, 5.41) is 2.66. The number of hydrogen-bond donors (Lipinski definition) is 1. The number of benzene rings is 3. The largest absolute Gasteiger partial charge is 0.357 e. The van der Waals surface area contributed by atoms with Gasteiger partial charge in [-0.1, -0.05) is 54.6 Å². The quantitative estimate of drug-likeness (QED) is 0.423. The minimum absolute atomic E-state index is 0.111. The predicted molar refractivity (Wildman–Crippen MR) is 143 cm³/mol. The molecule has 0 aliphatic carbocycles. The molecule has 7 nitrogen and oxygen atoms in total. The number of carbonyl (C=O) groups is 2. The van der Waals surface area contributed by atoms with Crippen molar-refractivity contribution in [3.05, 3.63) is 101 Å². The van der Waals surface area contributed by atoms with E-state index in [0.717, 1.165) is 18.4 Å². The lowest BCUT2D eigenvalue weighted by Gasteiger charge is -2.31. The Kier molecular flexibility index (Phi) is 8.91. The number of rotatable bonds is 10. The molecule has 2 amide bonds. The van der Waals surface area contributed by atoms with Gasteiger partial charge in [-0.25, -0.2) is 12.8 Å². The number of halogens is 1. The van der Waals surface area contributed by atoms with E-state index in [0.29, 0.717) is 30.6 Å². The second-order valence-electron chi connectivity index (χ2n) is 9.33. The molecule has 1 N–H and O–H groups in total. The molecule has 1 fully saturated rings. The van der Waals surface area contributed by atoms with Crippen molar-refractivity contribution in [2.45, 2.75) is 43.2 Å². The van der Waals surface area contributed by atoms with Gasteiger partial charge in [-0.2, -0.15) is 4.31 Å². The van der Waals surface area contributed by atoms with Crippen LogP contribution < -0.4 is 5.32 Å². The molecule has 1 saturated heterocycles. The van der Waals surface area contributed by atoms with Gasteiger partial charge < -0.3 is 10.2 Å². The Labute approximate surface area is 223 Å². The third-order valence-corrected chi connectivity index (χ3v) is 8.67. The standard InChI is InChI=1S/C29H32FN3O4S/c1-31-29(35)28(24-7-3-2-4-8-24)33(21-23-9-14-25(30)15-10-23)27(34)18-13-22-11-16-26(17-12-22)38(36,37)32-19-5-6-20-32/h2-4,7-12,14-17,28H,5-6,13,18-21H2,1H3,(H,31,35)/t28-/m1/s1. The van der Waals surface area contributed by atoms with Crippen molar-refractivity contribution in [2.24, 2.45) is 0 Å². The Balaban J connectivity index is 1.54. The summed E-state index contributed by atoms with van der Waals surface area (Å²) in [6.45, 7) is 1.20. The summed E-state index contributed by atoms with van der Waals surface area (Å²) in [6, 6.07) is 20.7. The lowest BCUT2D eigenvalue weighted by Crippen LogP contribution is -2.42. The van der Waals surface area contributed by atoms with Crippen molar-refractivity contribution in [3.8, 4) is 0 Å². The van der Waals surface area contributed by atoms with Crippen LogP contribution in [0.5, 0.6) is 0 Å². The molecule has 1 aliphatic heterocycles. The topological polar surface area (TPSA) is 86.8 Å². The highest BCUT2D eigenvalue weighted by Crippen LogP contribution is 2.26. The highest BCUT2D eigenvalue weighted by Gasteiger charge is 2.31. The van der Waals surface area contributed by atoms with E-state index in [2.05, 4.69) is 5.32 Å².